The van der Waals surface area contributed by atoms with Crippen LogP contribution in [-0.4, -0.2) is 61.5 Å². The van der Waals surface area contributed by atoms with Crippen molar-refractivity contribution in [3.63, 3.8) is 0 Å². The Hall–Kier alpha value is -5.61. The molecule has 2 heterocycles. The second-order valence-corrected chi connectivity index (χ2v) is 13.8. The maximum Gasteiger partial charge on any atom is 0.326 e. The van der Waals surface area contributed by atoms with Crippen LogP contribution in [0.2, 0.25) is 0 Å². The number of amides is 4. The maximum absolute atomic E-state index is 14.3. The van der Waals surface area contributed by atoms with Gasteiger partial charge in [-0.05, 0) is 66.9 Å². The summed E-state index contributed by atoms with van der Waals surface area (Å²) in [5.74, 6) is -2.03. The third kappa shape index (κ3) is 10.2. The van der Waals surface area contributed by atoms with Crippen LogP contribution in [0.3, 0.4) is 0 Å². The predicted octanol–water partition coefficient (Wildman–Crippen LogP) is 5.07. The molecule has 5 N–H and O–H groups in total. The molecule has 0 bridgehead atoms. The van der Waals surface area contributed by atoms with E-state index in [0.717, 1.165) is 17.9 Å². The number of carbonyl (C=O) groups excluding carboxylic acids is 3. The van der Waals surface area contributed by atoms with Crippen molar-refractivity contribution in [2.75, 3.05) is 39.6 Å². The molecular formula is C35H37F2N7O6S. The Morgan fingerprint density at radius 1 is 0.980 bits per heavy atom. The largest absolute Gasteiger partial charge is 0.473 e. The predicted molar refractivity (Wildman–Crippen MR) is 189 cm³/mol. The first-order valence-electron chi connectivity index (χ1n) is 15.9. The monoisotopic (exact) mass is 721 g/mol. The van der Waals surface area contributed by atoms with Crippen LogP contribution in [0.25, 0.3) is 0 Å². The number of primary amides is 1. The van der Waals surface area contributed by atoms with Gasteiger partial charge in [-0.25, -0.2) is 27.0 Å². The lowest BCUT2D eigenvalue weighted by Crippen LogP contribution is -2.49. The first-order valence-corrected chi connectivity index (χ1v) is 17.8. The van der Waals surface area contributed by atoms with Gasteiger partial charge in [0.25, 0.3) is 0 Å². The van der Waals surface area contributed by atoms with Crippen LogP contribution in [-0.2, 0) is 28.0 Å². The standard InChI is InChI=1S/C35H37F2N7O6S/c1-22(45)40-32-18-26(9-10-31(32)37)41-35(47)44(29-5-3-4-25(36)16-29)28-12-14-43(15-13-28)20-23-6-11-33(39-19-23)50-21-24-7-8-27(42-51(2,48)49)17-30(24)34(38)46/h3-11,16-19,28,42H,12-15,20-21H2,1-2H3,(H2,38,46)(H,40,45)(H,41,47). The van der Waals surface area contributed by atoms with Gasteiger partial charge in [-0.3, -0.25) is 24.1 Å². The van der Waals surface area contributed by atoms with Gasteiger partial charge in [-0.1, -0.05) is 18.2 Å². The van der Waals surface area contributed by atoms with Gasteiger partial charge in [0.2, 0.25) is 27.7 Å². The summed E-state index contributed by atoms with van der Waals surface area (Å²) in [6.07, 6.45) is 3.85. The molecule has 0 radical (unpaired) electrons. The van der Waals surface area contributed by atoms with E-state index in [1.54, 1.807) is 24.4 Å². The van der Waals surface area contributed by atoms with E-state index in [0.29, 0.717) is 49.6 Å². The van der Waals surface area contributed by atoms with E-state index in [-0.39, 0.29) is 35.3 Å². The van der Waals surface area contributed by atoms with Crippen LogP contribution >= 0.6 is 0 Å². The summed E-state index contributed by atoms with van der Waals surface area (Å²) in [6.45, 7) is 3.07. The number of urea groups is 1. The van der Waals surface area contributed by atoms with Gasteiger partial charge in [0.15, 0.2) is 0 Å². The van der Waals surface area contributed by atoms with E-state index < -0.39 is 39.5 Å². The molecule has 13 nitrogen and oxygen atoms in total. The molecule has 4 amide bonds. The van der Waals surface area contributed by atoms with Crippen LogP contribution in [0.15, 0.2) is 79.0 Å². The summed E-state index contributed by atoms with van der Waals surface area (Å²) in [7, 11) is -3.54. The number of likely N-dealkylation sites (tertiary alicyclic amines) is 1. The molecule has 1 aliphatic heterocycles. The van der Waals surface area contributed by atoms with Gasteiger partial charge in [-0.15, -0.1) is 0 Å². The topological polar surface area (TPSA) is 176 Å². The first kappa shape index (κ1) is 36.7. The van der Waals surface area contributed by atoms with Gasteiger partial charge >= 0.3 is 6.03 Å². The zero-order valence-corrected chi connectivity index (χ0v) is 28.7. The molecule has 0 saturated carbocycles. The minimum absolute atomic E-state index is 0.0235. The van der Waals surface area contributed by atoms with E-state index in [2.05, 4.69) is 25.2 Å². The van der Waals surface area contributed by atoms with Crippen molar-refractivity contribution in [2.45, 2.75) is 39.0 Å². The molecular weight excluding hydrogens is 684 g/mol. The first-order chi connectivity index (χ1) is 24.2. The fourth-order valence-corrected chi connectivity index (χ4v) is 6.29. The van der Waals surface area contributed by atoms with Crippen molar-refractivity contribution in [2.24, 2.45) is 5.73 Å². The number of rotatable bonds is 12. The fourth-order valence-electron chi connectivity index (χ4n) is 5.74. The molecule has 3 aromatic carbocycles. The Kier molecular flexibility index (Phi) is 11.5. The quantitative estimate of drug-likeness (QED) is 0.157. The highest BCUT2D eigenvalue weighted by molar-refractivity contribution is 7.92. The second kappa shape index (κ2) is 15.9. The highest BCUT2D eigenvalue weighted by atomic mass is 32.2. The lowest BCUT2D eigenvalue weighted by Gasteiger charge is -2.38. The summed E-state index contributed by atoms with van der Waals surface area (Å²) in [4.78, 5) is 45.2. The molecule has 4 aromatic rings. The lowest BCUT2D eigenvalue weighted by atomic mass is 10.0. The SMILES string of the molecule is CC(=O)Nc1cc(NC(=O)N(c2cccc(F)c2)C2CCN(Cc3ccc(OCc4ccc(NS(C)(=O)=O)cc4C(N)=O)nc3)CC2)ccc1F. The highest BCUT2D eigenvalue weighted by Gasteiger charge is 2.30. The number of piperidine rings is 1. The molecule has 0 spiro atoms. The number of pyridine rings is 1. The van der Waals surface area contributed by atoms with Gasteiger partial charge in [0.05, 0.1) is 11.9 Å². The average molecular weight is 722 g/mol. The number of aromatic nitrogens is 1. The Balaban J connectivity index is 1.19. The molecule has 51 heavy (non-hydrogen) atoms. The third-order valence-corrected chi connectivity index (χ3v) is 8.62. The molecule has 0 unspecified atom stereocenters. The van der Waals surface area contributed by atoms with Crippen molar-refractivity contribution in [3.8, 4) is 5.88 Å². The Morgan fingerprint density at radius 3 is 2.37 bits per heavy atom. The minimum atomic E-state index is -3.54. The van der Waals surface area contributed by atoms with Crippen LogP contribution in [0.1, 0.15) is 41.3 Å². The summed E-state index contributed by atoms with van der Waals surface area (Å²) < 4.78 is 59.7. The molecule has 1 aromatic heterocycles. The normalized spacial score (nSPS) is 13.6. The maximum atomic E-state index is 14.3. The number of ether oxygens (including phenoxy) is 1. The lowest BCUT2D eigenvalue weighted by molar-refractivity contribution is -0.114. The number of halogens is 2. The highest BCUT2D eigenvalue weighted by Crippen LogP contribution is 2.28. The van der Waals surface area contributed by atoms with Crippen molar-refractivity contribution >= 4 is 50.6 Å². The molecule has 1 fully saturated rings. The number of sulfonamides is 1. The molecule has 16 heteroatoms. The number of anilines is 4. The summed E-state index contributed by atoms with van der Waals surface area (Å²) in [5, 5.41) is 5.15. The summed E-state index contributed by atoms with van der Waals surface area (Å²) >= 11 is 0. The van der Waals surface area contributed by atoms with Gasteiger partial charge < -0.3 is 21.1 Å². The van der Waals surface area contributed by atoms with Crippen molar-refractivity contribution in [1.82, 2.24) is 9.88 Å². The Labute approximate surface area is 293 Å². The number of carbonyl (C=O) groups is 3. The zero-order chi connectivity index (χ0) is 36.7. The average Bonchev–Trinajstić information content (AvgIpc) is 3.06. The molecule has 1 saturated heterocycles. The van der Waals surface area contributed by atoms with Crippen molar-refractivity contribution in [3.05, 3.63) is 107 Å². The number of hydrogen-bond acceptors (Lipinski definition) is 8. The molecule has 0 aliphatic carbocycles. The van der Waals surface area contributed by atoms with Crippen molar-refractivity contribution in [1.29, 1.82) is 0 Å². The Morgan fingerprint density at radius 2 is 1.73 bits per heavy atom. The summed E-state index contributed by atoms with van der Waals surface area (Å²) in [5.41, 5.74) is 7.76. The number of nitrogens with one attached hydrogen (secondary N) is 3. The van der Waals surface area contributed by atoms with Crippen LogP contribution in [0.4, 0.5) is 36.3 Å². The third-order valence-electron chi connectivity index (χ3n) is 8.01. The van der Waals surface area contributed by atoms with E-state index in [1.807, 2.05) is 6.07 Å². The van der Waals surface area contributed by atoms with Crippen LogP contribution in [0.5, 0.6) is 5.88 Å². The number of benzene rings is 3. The van der Waals surface area contributed by atoms with E-state index in [4.69, 9.17) is 10.5 Å². The zero-order valence-electron chi connectivity index (χ0n) is 27.9. The van der Waals surface area contributed by atoms with Gasteiger partial charge in [-0.2, -0.15) is 0 Å². The smallest absolute Gasteiger partial charge is 0.326 e. The van der Waals surface area contributed by atoms with Gasteiger partial charge in [0.1, 0.15) is 18.2 Å². The van der Waals surface area contributed by atoms with E-state index in [9.17, 15) is 31.6 Å². The number of hydrogen-bond donors (Lipinski definition) is 4. The van der Waals surface area contributed by atoms with Gasteiger partial charge in [0, 0.05) is 73.1 Å². The van der Waals surface area contributed by atoms with E-state index >= 15 is 0 Å². The molecule has 1 aliphatic rings. The number of nitrogens with zero attached hydrogens (tertiary/aromatic N) is 3. The molecule has 268 valence electrons. The molecule has 5 rings (SSSR count). The minimum Gasteiger partial charge on any atom is -0.473 e. The van der Waals surface area contributed by atoms with Crippen molar-refractivity contribution < 1.29 is 36.3 Å². The van der Waals surface area contributed by atoms with Crippen LogP contribution < -0.4 is 30.7 Å². The molecule has 0 atom stereocenters. The number of nitrogens with two attached hydrogens (primary N) is 1. The van der Waals surface area contributed by atoms with E-state index in [1.165, 1.54) is 54.3 Å². The fraction of sp³-hybridized carbons (Fsp3) is 0.257. The summed E-state index contributed by atoms with van der Waals surface area (Å²) in [6, 6.07) is 16.8. The Bertz CT molecular complexity index is 2020. The second-order valence-electron chi connectivity index (χ2n) is 12.1. The van der Waals surface area contributed by atoms with Crippen LogP contribution in [0, 0.1) is 11.6 Å².